The summed E-state index contributed by atoms with van der Waals surface area (Å²) in [4.78, 5) is 0. The SMILES string of the molecule is CC(C)S/C=C\CO. The van der Waals surface area contributed by atoms with Crippen molar-refractivity contribution in [2.24, 2.45) is 0 Å². The molecule has 0 atom stereocenters. The van der Waals surface area contributed by atoms with E-state index in [-0.39, 0.29) is 6.61 Å². The first-order valence-electron chi connectivity index (χ1n) is 2.68. The normalized spacial score (nSPS) is 11.5. The molecule has 1 N–H and O–H groups in total. The number of thioether (sulfide) groups is 1. The average molecular weight is 132 g/mol. The van der Waals surface area contributed by atoms with Gasteiger partial charge in [0.15, 0.2) is 0 Å². The molecule has 1 nitrogen and oxygen atoms in total. The number of aliphatic hydroxyl groups excluding tert-OH is 1. The largest absolute Gasteiger partial charge is 0.392 e. The van der Waals surface area contributed by atoms with E-state index in [1.165, 1.54) is 0 Å². The maximum Gasteiger partial charge on any atom is 0.0620 e. The molecule has 0 saturated heterocycles. The molecule has 0 rings (SSSR count). The summed E-state index contributed by atoms with van der Waals surface area (Å²) in [5, 5.41) is 10.8. The van der Waals surface area contributed by atoms with Gasteiger partial charge in [-0.15, -0.1) is 11.8 Å². The Morgan fingerprint density at radius 1 is 1.62 bits per heavy atom. The lowest BCUT2D eigenvalue weighted by Crippen LogP contribution is -1.80. The molecule has 0 heterocycles. The highest BCUT2D eigenvalue weighted by Gasteiger charge is 1.85. The van der Waals surface area contributed by atoms with Gasteiger partial charge in [-0.1, -0.05) is 19.9 Å². The quantitative estimate of drug-likeness (QED) is 0.630. The van der Waals surface area contributed by atoms with Crippen molar-refractivity contribution in [3.8, 4) is 0 Å². The summed E-state index contributed by atoms with van der Waals surface area (Å²) >= 11 is 1.72. The number of hydrogen-bond acceptors (Lipinski definition) is 2. The maximum absolute atomic E-state index is 8.28. The van der Waals surface area contributed by atoms with Crippen molar-refractivity contribution in [1.82, 2.24) is 0 Å². The van der Waals surface area contributed by atoms with Crippen LogP contribution in [0.25, 0.3) is 0 Å². The Kier molecular flexibility index (Phi) is 5.22. The molecule has 0 aromatic rings. The molecule has 0 radical (unpaired) electrons. The van der Waals surface area contributed by atoms with Gasteiger partial charge in [-0.2, -0.15) is 0 Å². The smallest absolute Gasteiger partial charge is 0.0620 e. The highest BCUT2D eigenvalue weighted by Crippen LogP contribution is 2.09. The number of hydrogen-bond donors (Lipinski definition) is 1. The van der Waals surface area contributed by atoms with E-state index in [1.807, 2.05) is 5.41 Å². The van der Waals surface area contributed by atoms with Crippen LogP contribution in [0.4, 0.5) is 0 Å². The van der Waals surface area contributed by atoms with Crippen LogP contribution in [0.3, 0.4) is 0 Å². The van der Waals surface area contributed by atoms with Gasteiger partial charge >= 0.3 is 0 Å². The van der Waals surface area contributed by atoms with Crippen molar-refractivity contribution in [1.29, 1.82) is 0 Å². The second kappa shape index (κ2) is 5.19. The Bertz CT molecular complexity index is 68.9. The first-order chi connectivity index (χ1) is 3.77. The highest BCUT2D eigenvalue weighted by atomic mass is 32.2. The van der Waals surface area contributed by atoms with Crippen LogP contribution in [-0.2, 0) is 0 Å². The molecule has 0 fully saturated rings. The van der Waals surface area contributed by atoms with E-state index >= 15 is 0 Å². The second-order valence-corrected chi connectivity index (χ2v) is 3.23. The van der Waals surface area contributed by atoms with Crippen molar-refractivity contribution in [2.45, 2.75) is 19.1 Å². The predicted octanol–water partition coefficient (Wildman–Crippen LogP) is 1.63. The Balaban J connectivity index is 3.03. The fourth-order valence-electron chi connectivity index (χ4n) is 0.256. The van der Waals surface area contributed by atoms with E-state index in [1.54, 1.807) is 17.8 Å². The Labute approximate surface area is 54.8 Å². The highest BCUT2D eigenvalue weighted by molar-refractivity contribution is 8.02. The zero-order chi connectivity index (χ0) is 6.41. The lowest BCUT2D eigenvalue weighted by molar-refractivity contribution is 0.343. The summed E-state index contributed by atoms with van der Waals surface area (Å²) < 4.78 is 0. The van der Waals surface area contributed by atoms with E-state index in [0.29, 0.717) is 5.25 Å². The monoisotopic (exact) mass is 132 g/mol. The summed E-state index contributed by atoms with van der Waals surface area (Å²) in [6.45, 7) is 4.39. The molecule has 0 aromatic carbocycles. The summed E-state index contributed by atoms with van der Waals surface area (Å²) in [5.41, 5.74) is 0. The standard InChI is InChI=1S/C6H12OS/c1-6(2)8-5-3-4-7/h3,5-7H,4H2,1-2H3/b5-3-. The van der Waals surface area contributed by atoms with E-state index in [0.717, 1.165) is 0 Å². The Morgan fingerprint density at radius 3 is 2.62 bits per heavy atom. The van der Waals surface area contributed by atoms with Gasteiger partial charge in [-0.05, 0) is 5.41 Å². The van der Waals surface area contributed by atoms with Crippen LogP contribution in [0.5, 0.6) is 0 Å². The van der Waals surface area contributed by atoms with Gasteiger partial charge < -0.3 is 5.11 Å². The van der Waals surface area contributed by atoms with Gasteiger partial charge in [0.2, 0.25) is 0 Å². The first kappa shape index (κ1) is 8.05. The molecule has 0 spiro atoms. The van der Waals surface area contributed by atoms with Crippen LogP contribution in [-0.4, -0.2) is 17.0 Å². The lowest BCUT2D eigenvalue weighted by Gasteiger charge is -1.94. The first-order valence-corrected chi connectivity index (χ1v) is 3.63. The zero-order valence-corrected chi connectivity index (χ0v) is 6.11. The molecular weight excluding hydrogens is 120 g/mol. The van der Waals surface area contributed by atoms with E-state index in [4.69, 9.17) is 5.11 Å². The summed E-state index contributed by atoms with van der Waals surface area (Å²) in [6, 6.07) is 0. The third-order valence-electron chi connectivity index (χ3n) is 0.552. The van der Waals surface area contributed by atoms with Gasteiger partial charge in [-0.3, -0.25) is 0 Å². The van der Waals surface area contributed by atoms with Crippen molar-refractivity contribution in [3.05, 3.63) is 11.5 Å². The predicted molar refractivity (Wildman–Crippen MR) is 39.0 cm³/mol. The number of aliphatic hydroxyl groups is 1. The zero-order valence-electron chi connectivity index (χ0n) is 5.29. The second-order valence-electron chi connectivity index (χ2n) is 1.74. The molecule has 0 amide bonds. The Morgan fingerprint density at radius 2 is 2.25 bits per heavy atom. The minimum Gasteiger partial charge on any atom is -0.392 e. The van der Waals surface area contributed by atoms with E-state index in [2.05, 4.69) is 13.8 Å². The van der Waals surface area contributed by atoms with Crippen LogP contribution in [0.2, 0.25) is 0 Å². The minimum atomic E-state index is 0.153. The Hall–Kier alpha value is 0.0500. The van der Waals surface area contributed by atoms with Crippen molar-refractivity contribution >= 4 is 11.8 Å². The van der Waals surface area contributed by atoms with Gasteiger partial charge in [0.1, 0.15) is 0 Å². The van der Waals surface area contributed by atoms with Gasteiger partial charge in [-0.25, -0.2) is 0 Å². The van der Waals surface area contributed by atoms with Crippen LogP contribution in [0, 0.1) is 0 Å². The third kappa shape index (κ3) is 6.05. The fourth-order valence-corrected chi connectivity index (χ4v) is 0.767. The van der Waals surface area contributed by atoms with Crippen molar-refractivity contribution in [3.63, 3.8) is 0 Å². The van der Waals surface area contributed by atoms with Crippen LogP contribution >= 0.6 is 11.8 Å². The average Bonchev–Trinajstić information content (AvgIpc) is 1.66. The molecule has 0 aliphatic carbocycles. The minimum absolute atomic E-state index is 0.153. The maximum atomic E-state index is 8.28. The lowest BCUT2D eigenvalue weighted by atomic mass is 10.6. The molecule has 0 bridgehead atoms. The van der Waals surface area contributed by atoms with Gasteiger partial charge in [0, 0.05) is 5.25 Å². The molecule has 0 aliphatic heterocycles. The third-order valence-corrected chi connectivity index (χ3v) is 1.45. The molecule has 8 heavy (non-hydrogen) atoms. The van der Waals surface area contributed by atoms with Crippen LogP contribution in [0.1, 0.15) is 13.8 Å². The van der Waals surface area contributed by atoms with Crippen LogP contribution < -0.4 is 0 Å². The molecule has 0 aromatic heterocycles. The van der Waals surface area contributed by atoms with E-state index in [9.17, 15) is 0 Å². The molecule has 0 aliphatic rings. The summed E-state index contributed by atoms with van der Waals surface area (Å²) in [5.74, 6) is 0. The number of rotatable bonds is 3. The van der Waals surface area contributed by atoms with E-state index < -0.39 is 0 Å². The van der Waals surface area contributed by atoms with Crippen molar-refractivity contribution < 1.29 is 5.11 Å². The van der Waals surface area contributed by atoms with Gasteiger partial charge in [0.25, 0.3) is 0 Å². The molecule has 48 valence electrons. The summed E-state index contributed by atoms with van der Waals surface area (Å²) in [7, 11) is 0. The molecule has 0 unspecified atom stereocenters. The van der Waals surface area contributed by atoms with Gasteiger partial charge in [0.05, 0.1) is 6.61 Å². The molecule has 2 heteroatoms. The summed E-state index contributed by atoms with van der Waals surface area (Å²) in [6.07, 6.45) is 1.74. The van der Waals surface area contributed by atoms with Crippen LogP contribution in [0.15, 0.2) is 11.5 Å². The topological polar surface area (TPSA) is 20.2 Å². The molecular formula is C6H12OS. The van der Waals surface area contributed by atoms with Crippen molar-refractivity contribution in [2.75, 3.05) is 6.61 Å². The molecule has 0 saturated carbocycles. The fraction of sp³-hybridized carbons (Fsp3) is 0.667.